The first-order chi connectivity index (χ1) is 9.74. The Bertz CT molecular complexity index is 462. The highest BCUT2D eigenvalue weighted by Crippen LogP contribution is 2.36. The van der Waals surface area contributed by atoms with Crippen molar-refractivity contribution in [1.29, 1.82) is 0 Å². The first kappa shape index (κ1) is 13.4. The lowest BCUT2D eigenvalue weighted by Gasteiger charge is -2.33. The van der Waals surface area contributed by atoms with Crippen molar-refractivity contribution in [3.8, 4) is 0 Å². The Hall–Kier alpha value is -1.55. The average molecular weight is 275 g/mol. The largest absolute Gasteiger partial charge is 0.445 e. The third-order valence-electron chi connectivity index (χ3n) is 4.50. The zero-order valence-corrected chi connectivity index (χ0v) is 11.6. The van der Waals surface area contributed by atoms with Crippen LogP contribution in [0.15, 0.2) is 30.3 Å². The predicted octanol–water partition coefficient (Wildman–Crippen LogP) is 2.56. The zero-order valence-electron chi connectivity index (χ0n) is 11.6. The van der Waals surface area contributed by atoms with Crippen LogP contribution in [0.5, 0.6) is 0 Å². The van der Waals surface area contributed by atoms with Gasteiger partial charge in [-0.3, -0.25) is 0 Å². The van der Waals surface area contributed by atoms with E-state index in [2.05, 4.69) is 0 Å². The second kappa shape index (κ2) is 5.83. The lowest BCUT2D eigenvalue weighted by atomic mass is 9.83. The minimum absolute atomic E-state index is 0.184. The third-order valence-corrected chi connectivity index (χ3v) is 4.50. The van der Waals surface area contributed by atoms with Gasteiger partial charge in [-0.2, -0.15) is 0 Å². The molecule has 4 nitrogen and oxygen atoms in total. The number of hydrogen-bond acceptors (Lipinski definition) is 3. The second-order valence-electron chi connectivity index (χ2n) is 5.82. The molecule has 4 heteroatoms. The van der Waals surface area contributed by atoms with Crippen molar-refractivity contribution < 1.29 is 14.6 Å². The van der Waals surface area contributed by atoms with E-state index in [1.165, 1.54) is 0 Å². The molecule has 0 bridgehead atoms. The fraction of sp³-hybridized carbons (Fsp3) is 0.562. The van der Waals surface area contributed by atoms with Gasteiger partial charge in [-0.05, 0) is 37.2 Å². The summed E-state index contributed by atoms with van der Waals surface area (Å²) in [6.45, 7) is 1.09. The molecule has 0 radical (unpaired) electrons. The summed E-state index contributed by atoms with van der Waals surface area (Å²) in [4.78, 5) is 14.1. The number of benzene rings is 1. The SMILES string of the molecule is O=C(OCc1ccccc1)N1CCC2CC(O)CCC21. The van der Waals surface area contributed by atoms with E-state index in [-0.39, 0.29) is 18.2 Å². The molecule has 2 aliphatic rings. The molecule has 1 saturated carbocycles. The minimum atomic E-state index is -0.210. The number of rotatable bonds is 2. The van der Waals surface area contributed by atoms with Crippen molar-refractivity contribution in [1.82, 2.24) is 4.90 Å². The molecule has 1 heterocycles. The summed E-state index contributed by atoms with van der Waals surface area (Å²) in [5.74, 6) is 0.447. The molecule has 3 unspecified atom stereocenters. The molecule has 1 saturated heterocycles. The summed E-state index contributed by atoms with van der Waals surface area (Å²) in [7, 11) is 0. The molecular weight excluding hydrogens is 254 g/mol. The van der Waals surface area contributed by atoms with Gasteiger partial charge in [-0.15, -0.1) is 0 Å². The molecule has 1 N–H and O–H groups in total. The summed E-state index contributed by atoms with van der Waals surface area (Å²) in [5.41, 5.74) is 1.01. The number of aliphatic hydroxyl groups is 1. The van der Waals surface area contributed by atoms with Crippen LogP contribution in [0.3, 0.4) is 0 Å². The minimum Gasteiger partial charge on any atom is -0.445 e. The van der Waals surface area contributed by atoms with Crippen molar-refractivity contribution in [2.75, 3.05) is 6.54 Å². The number of nitrogens with zero attached hydrogens (tertiary/aromatic N) is 1. The van der Waals surface area contributed by atoms with E-state index in [1.807, 2.05) is 35.2 Å². The topological polar surface area (TPSA) is 49.8 Å². The van der Waals surface area contributed by atoms with Crippen LogP contribution in [-0.2, 0) is 11.3 Å². The highest BCUT2D eigenvalue weighted by atomic mass is 16.6. The fourth-order valence-corrected chi connectivity index (χ4v) is 3.44. The molecular formula is C16H21NO3. The predicted molar refractivity (Wildman–Crippen MR) is 75.1 cm³/mol. The molecule has 0 aromatic heterocycles. The van der Waals surface area contributed by atoms with Crippen molar-refractivity contribution >= 4 is 6.09 Å². The van der Waals surface area contributed by atoms with Crippen LogP contribution in [0.4, 0.5) is 4.79 Å². The number of carbonyl (C=O) groups is 1. The lowest BCUT2D eigenvalue weighted by molar-refractivity contribution is 0.0528. The zero-order chi connectivity index (χ0) is 13.9. The maximum absolute atomic E-state index is 12.2. The van der Waals surface area contributed by atoms with Crippen LogP contribution >= 0.6 is 0 Å². The molecule has 1 aliphatic heterocycles. The molecule has 1 aromatic carbocycles. The molecule has 0 spiro atoms. The smallest absolute Gasteiger partial charge is 0.410 e. The van der Waals surface area contributed by atoms with Gasteiger partial charge in [0.2, 0.25) is 0 Å². The summed E-state index contributed by atoms with van der Waals surface area (Å²) in [6, 6.07) is 10.0. The molecule has 20 heavy (non-hydrogen) atoms. The van der Waals surface area contributed by atoms with Gasteiger partial charge in [0.15, 0.2) is 0 Å². The van der Waals surface area contributed by atoms with E-state index >= 15 is 0 Å². The Morgan fingerprint density at radius 1 is 1.25 bits per heavy atom. The first-order valence-electron chi connectivity index (χ1n) is 7.39. The first-order valence-corrected chi connectivity index (χ1v) is 7.39. The Morgan fingerprint density at radius 3 is 2.85 bits per heavy atom. The van der Waals surface area contributed by atoms with Crippen molar-refractivity contribution in [2.45, 2.75) is 44.4 Å². The van der Waals surface area contributed by atoms with E-state index in [0.29, 0.717) is 12.5 Å². The number of likely N-dealkylation sites (tertiary alicyclic amines) is 1. The number of fused-ring (bicyclic) bond motifs is 1. The molecule has 1 aromatic rings. The van der Waals surface area contributed by atoms with E-state index in [4.69, 9.17) is 4.74 Å². The maximum Gasteiger partial charge on any atom is 0.410 e. The van der Waals surface area contributed by atoms with Gasteiger partial charge in [0.25, 0.3) is 0 Å². The van der Waals surface area contributed by atoms with Crippen molar-refractivity contribution in [2.24, 2.45) is 5.92 Å². The monoisotopic (exact) mass is 275 g/mol. The Kier molecular flexibility index (Phi) is 3.92. The van der Waals surface area contributed by atoms with Crippen molar-refractivity contribution in [3.63, 3.8) is 0 Å². The molecule has 1 amide bonds. The van der Waals surface area contributed by atoms with Gasteiger partial charge in [-0.25, -0.2) is 4.79 Å². The van der Waals surface area contributed by atoms with E-state index in [0.717, 1.165) is 37.8 Å². The van der Waals surface area contributed by atoms with Crippen LogP contribution in [0.1, 0.15) is 31.2 Å². The Labute approximate surface area is 119 Å². The van der Waals surface area contributed by atoms with E-state index < -0.39 is 0 Å². The van der Waals surface area contributed by atoms with Crippen molar-refractivity contribution in [3.05, 3.63) is 35.9 Å². The quantitative estimate of drug-likeness (QED) is 0.902. The summed E-state index contributed by atoms with van der Waals surface area (Å²) in [5, 5.41) is 9.70. The van der Waals surface area contributed by atoms with Gasteiger partial charge in [-0.1, -0.05) is 30.3 Å². The second-order valence-corrected chi connectivity index (χ2v) is 5.82. The van der Waals surface area contributed by atoms with E-state index in [1.54, 1.807) is 0 Å². The molecule has 3 rings (SSSR count). The lowest BCUT2D eigenvalue weighted by Crippen LogP contribution is -2.41. The normalized spacial score (nSPS) is 29.1. The molecule has 3 atom stereocenters. The van der Waals surface area contributed by atoms with Crippen LogP contribution in [0.2, 0.25) is 0 Å². The Balaban J connectivity index is 1.55. The van der Waals surface area contributed by atoms with Crippen LogP contribution in [0.25, 0.3) is 0 Å². The van der Waals surface area contributed by atoms with Crippen LogP contribution in [-0.4, -0.2) is 34.8 Å². The van der Waals surface area contributed by atoms with Gasteiger partial charge in [0.1, 0.15) is 6.61 Å². The number of carbonyl (C=O) groups excluding carboxylic acids is 1. The summed E-state index contributed by atoms with van der Waals surface area (Å²) in [6.07, 6.45) is 3.11. The van der Waals surface area contributed by atoms with Crippen LogP contribution in [0, 0.1) is 5.92 Å². The maximum atomic E-state index is 12.2. The average Bonchev–Trinajstić information content (AvgIpc) is 2.89. The molecule has 108 valence electrons. The summed E-state index contributed by atoms with van der Waals surface area (Å²) >= 11 is 0. The Morgan fingerprint density at radius 2 is 2.05 bits per heavy atom. The number of aliphatic hydroxyl groups excluding tert-OH is 1. The number of hydrogen-bond donors (Lipinski definition) is 1. The van der Waals surface area contributed by atoms with Gasteiger partial charge in [0, 0.05) is 12.6 Å². The number of amides is 1. The van der Waals surface area contributed by atoms with Gasteiger partial charge in [0.05, 0.1) is 6.10 Å². The summed E-state index contributed by atoms with van der Waals surface area (Å²) < 4.78 is 5.41. The number of ether oxygens (including phenoxy) is 1. The standard InChI is InChI=1S/C16H21NO3/c18-14-6-7-15-13(10-14)8-9-17(15)16(19)20-11-12-4-2-1-3-5-12/h1-5,13-15,18H,6-11H2. The van der Waals surface area contributed by atoms with Crippen LogP contribution < -0.4 is 0 Å². The van der Waals surface area contributed by atoms with Gasteiger partial charge >= 0.3 is 6.09 Å². The highest BCUT2D eigenvalue weighted by molar-refractivity contribution is 5.68. The van der Waals surface area contributed by atoms with Gasteiger partial charge < -0.3 is 14.7 Å². The fourth-order valence-electron chi connectivity index (χ4n) is 3.44. The highest BCUT2D eigenvalue weighted by Gasteiger charge is 2.41. The molecule has 1 aliphatic carbocycles. The third kappa shape index (κ3) is 2.80. The molecule has 2 fully saturated rings. The van der Waals surface area contributed by atoms with E-state index in [9.17, 15) is 9.90 Å².